The standard InChI is InChI=1S/C15H20BrN3O2/c1-21-14-6-5-13(16)9-12(14)10-17-18-15(20)11-19-7-3-2-4-8-19/h5-6,9-10H,2-4,7-8,11H2,1H3,(H,18,20)/p+1/b17-10-. The van der Waals surface area contributed by atoms with Crippen LogP contribution in [0.15, 0.2) is 27.8 Å². The van der Waals surface area contributed by atoms with Gasteiger partial charge >= 0.3 is 0 Å². The quantitative estimate of drug-likeness (QED) is 0.611. The maximum Gasteiger partial charge on any atom is 0.295 e. The molecule has 6 heteroatoms. The van der Waals surface area contributed by atoms with Crippen LogP contribution in [0.25, 0.3) is 0 Å². The average molecular weight is 355 g/mol. The minimum atomic E-state index is -0.0443. The third kappa shape index (κ3) is 5.13. The molecule has 1 heterocycles. The smallest absolute Gasteiger partial charge is 0.295 e. The molecule has 1 aromatic rings. The Kier molecular flexibility index (Phi) is 6.20. The predicted octanol–water partition coefficient (Wildman–Crippen LogP) is 0.977. The van der Waals surface area contributed by atoms with E-state index in [4.69, 9.17) is 4.74 Å². The van der Waals surface area contributed by atoms with Crippen molar-refractivity contribution in [2.45, 2.75) is 19.3 Å². The summed E-state index contributed by atoms with van der Waals surface area (Å²) in [5, 5.41) is 4.02. The zero-order valence-electron chi connectivity index (χ0n) is 12.2. The third-order valence-corrected chi connectivity index (χ3v) is 4.05. The lowest BCUT2D eigenvalue weighted by Gasteiger charge is -2.22. The van der Waals surface area contributed by atoms with E-state index < -0.39 is 0 Å². The molecule has 1 aliphatic heterocycles. The van der Waals surface area contributed by atoms with Crippen LogP contribution in [0.4, 0.5) is 0 Å². The van der Waals surface area contributed by atoms with Gasteiger partial charge in [0.25, 0.3) is 5.91 Å². The maximum absolute atomic E-state index is 11.8. The Hall–Kier alpha value is -1.40. The van der Waals surface area contributed by atoms with Crippen molar-refractivity contribution in [3.8, 4) is 5.75 Å². The highest BCUT2D eigenvalue weighted by Crippen LogP contribution is 2.21. The lowest BCUT2D eigenvalue weighted by molar-refractivity contribution is -0.896. The van der Waals surface area contributed by atoms with Gasteiger partial charge in [-0.05, 0) is 37.5 Å². The van der Waals surface area contributed by atoms with E-state index in [1.54, 1.807) is 13.3 Å². The summed E-state index contributed by atoms with van der Waals surface area (Å²) in [6.07, 6.45) is 5.31. The Balaban J connectivity index is 1.86. The monoisotopic (exact) mass is 354 g/mol. The first-order valence-electron chi connectivity index (χ1n) is 7.18. The van der Waals surface area contributed by atoms with Gasteiger partial charge in [-0.15, -0.1) is 0 Å². The first kappa shape index (κ1) is 16.0. The van der Waals surface area contributed by atoms with E-state index in [0.717, 1.165) is 28.9 Å². The first-order valence-corrected chi connectivity index (χ1v) is 7.97. The Morgan fingerprint density at radius 1 is 1.43 bits per heavy atom. The van der Waals surface area contributed by atoms with Crippen molar-refractivity contribution in [1.82, 2.24) is 5.43 Å². The SMILES string of the molecule is COc1ccc(Br)cc1/C=N\NC(=O)C[NH+]1CCCCC1. The van der Waals surface area contributed by atoms with E-state index in [0.29, 0.717) is 6.54 Å². The van der Waals surface area contributed by atoms with Gasteiger partial charge in [0, 0.05) is 10.0 Å². The van der Waals surface area contributed by atoms with Crippen molar-refractivity contribution >= 4 is 28.1 Å². The lowest BCUT2D eigenvalue weighted by Crippen LogP contribution is -3.13. The molecule has 1 saturated heterocycles. The summed E-state index contributed by atoms with van der Waals surface area (Å²) in [6, 6.07) is 5.64. The predicted molar refractivity (Wildman–Crippen MR) is 85.8 cm³/mol. The molecule has 5 nitrogen and oxygen atoms in total. The van der Waals surface area contributed by atoms with Crippen molar-refractivity contribution in [2.24, 2.45) is 5.10 Å². The van der Waals surface area contributed by atoms with Crippen molar-refractivity contribution in [2.75, 3.05) is 26.7 Å². The molecule has 0 saturated carbocycles. The van der Waals surface area contributed by atoms with Crippen molar-refractivity contribution in [3.63, 3.8) is 0 Å². The molecule has 2 N–H and O–H groups in total. The van der Waals surface area contributed by atoms with Crippen molar-refractivity contribution in [3.05, 3.63) is 28.2 Å². The van der Waals surface area contributed by atoms with Crippen LogP contribution in [-0.2, 0) is 4.79 Å². The number of benzene rings is 1. The fourth-order valence-corrected chi connectivity index (χ4v) is 2.85. The molecule has 0 unspecified atom stereocenters. The molecule has 114 valence electrons. The normalized spacial score (nSPS) is 16.1. The Bertz CT molecular complexity index is 514. The van der Waals surface area contributed by atoms with Gasteiger partial charge in [-0.1, -0.05) is 15.9 Å². The molecule has 0 bridgehead atoms. The van der Waals surface area contributed by atoms with Crippen molar-refractivity contribution < 1.29 is 14.4 Å². The molecule has 1 amide bonds. The second-order valence-electron chi connectivity index (χ2n) is 5.17. The van der Waals surface area contributed by atoms with Crippen LogP contribution >= 0.6 is 15.9 Å². The second-order valence-corrected chi connectivity index (χ2v) is 6.08. The van der Waals surface area contributed by atoms with Crippen LogP contribution in [0.3, 0.4) is 0 Å². The number of quaternary nitrogens is 1. The van der Waals surface area contributed by atoms with Crippen LogP contribution in [0.2, 0.25) is 0 Å². The summed E-state index contributed by atoms with van der Waals surface area (Å²) in [7, 11) is 1.61. The van der Waals surface area contributed by atoms with Crippen LogP contribution < -0.4 is 15.1 Å². The third-order valence-electron chi connectivity index (χ3n) is 3.56. The van der Waals surface area contributed by atoms with Crippen LogP contribution in [0.5, 0.6) is 5.75 Å². The number of amides is 1. The molecular formula is C15H21BrN3O2+. The molecule has 0 atom stereocenters. The summed E-state index contributed by atoms with van der Waals surface area (Å²) < 4.78 is 6.19. The van der Waals surface area contributed by atoms with E-state index >= 15 is 0 Å². The van der Waals surface area contributed by atoms with Gasteiger partial charge < -0.3 is 9.64 Å². The highest BCUT2D eigenvalue weighted by Gasteiger charge is 2.16. The minimum absolute atomic E-state index is 0.0443. The van der Waals surface area contributed by atoms with Gasteiger partial charge in [0.05, 0.1) is 26.4 Å². The lowest BCUT2D eigenvalue weighted by atomic mass is 10.1. The summed E-state index contributed by atoms with van der Waals surface area (Å²) in [5.41, 5.74) is 3.41. The summed E-state index contributed by atoms with van der Waals surface area (Å²) >= 11 is 3.40. The number of hydrogen-bond donors (Lipinski definition) is 2. The summed E-state index contributed by atoms with van der Waals surface area (Å²) in [6.45, 7) is 2.65. The number of rotatable bonds is 5. The van der Waals surface area contributed by atoms with E-state index in [1.807, 2.05) is 18.2 Å². The average Bonchev–Trinajstić information content (AvgIpc) is 2.48. The van der Waals surface area contributed by atoms with Gasteiger partial charge in [0.1, 0.15) is 5.75 Å². The highest BCUT2D eigenvalue weighted by molar-refractivity contribution is 9.10. The van der Waals surface area contributed by atoms with E-state index in [2.05, 4.69) is 26.5 Å². The molecule has 1 fully saturated rings. The molecule has 2 rings (SSSR count). The van der Waals surface area contributed by atoms with Crippen LogP contribution in [-0.4, -0.2) is 38.9 Å². The molecule has 0 aromatic heterocycles. The molecule has 21 heavy (non-hydrogen) atoms. The van der Waals surface area contributed by atoms with Gasteiger partial charge in [0.2, 0.25) is 0 Å². The molecule has 1 aliphatic rings. The number of nitrogens with zero attached hydrogens (tertiary/aromatic N) is 1. The molecule has 0 radical (unpaired) electrons. The number of piperidine rings is 1. The first-order chi connectivity index (χ1) is 10.2. The molecular weight excluding hydrogens is 334 g/mol. The fraction of sp³-hybridized carbons (Fsp3) is 0.467. The zero-order valence-corrected chi connectivity index (χ0v) is 13.8. The molecule has 0 aliphatic carbocycles. The highest BCUT2D eigenvalue weighted by atomic mass is 79.9. The topological polar surface area (TPSA) is 55.1 Å². The number of likely N-dealkylation sites (tertiary alicyclic amines) is 1. The Labute approximate surface area is 133 Å². The fourth-order valence-electron chi connectivity index (χ4n) is 2.48. The van der Waals surface area contributed by atoms with Gasteiger partial charge in [0.15, 0.2) is 6.54 Å². The van der Waals surface area contributed by atoms with Gasteiger partial charge in [-0.25, -0.2) is 5.43 Å². The summed E-state index contributed by atoms with van der Waals surface area (Å²) in [5.74, 6) is 0.676. The van der Waals surface area contributed by atoms with Crippen molar-refractivity contribution in [1.29, 1.82) is 0 Å². The Morgan fingerprint density at radius 3 is 2.90 bits per heavy atom. The largest absolute Gasteiger partial charge is 0.496 e. The number of halogens is 1. The summed E-state index contributed by atoms with van der Waals surface area (Å²) in [4.78, 5) is 13.2. The van der Waals surface area contributed by atoms with Crippen LogP contribution in [0.1, 0.15) is 24.8 Å². The van der Waals surface area contributed by atoms with E-state index in [-0.39, 0.29) is 5.91 Å². The number of methoxy groups -OCH3 is 1. The van der Waals surface area contributed by atoms with E-state index in [9.17, 15) is 4.79 Å². The number of hydrazone groups is 1. The number of carbonyl (C=O) groups excluding carboxylic acids is 1. The molecule has 1 aromatic carbocycles. The van der Waals surface area contributed by atoms with Crippen LogP contribution in [0, 0.1) is 0 Å². The number of carbonyl (C=O) groups is 1. The second kappa shape index (κ2) is 8.14. The van der Waals surface area contributed by atoms with E-state index in [1.165, 1.54) is 24.2 Å². The zero-order chi connectivity index (χ0) is 15.1. The maximum atomic E-state index is 11.8. The minimum Gasteiger partial charge on any atom is -0.496 e. The number of nitrogens with one attached hydrogen (secondary N) is 2. The van der Waals surface area contributed by atoms with Gasteiger partial charge in [-0.2, -0.15) is 5.10 Å². The number of ether oxygens (including phenoxy) is 1. The number of hydrogen-bond acceptors (Lipinski definition) is 3. The Morgan fingerprint density at radius 2 is 2.19 bits per heavy atom. The molecule has 0 spiro atoms. The van der Waals surface area contributed by atoms with Gasteiger partial charge in [-0.3, -0.25) is 4.79 Å².